The van der Waals surface area contributed by atoms with Crippen molar-refractivity contribution in [2.24, 2.45) is 0 Å². The van der Waals surface area contributed by atoms with Gasteiger partial charge < -0.3 is 29.1 Å². The van der Waals surface area contributed by atoms with E-state index in [-0.39, 0.29) is 76.3 Å². The Labute approximate surface area is 316 Å². The van der Waals surface area contributed by atoms with Gasteiger partial charge in [0.05, 0.1) is 21.3 Å². The number of alkyl halides is 3. The molecular weight excluding hydrogens is 753 g/mol. The summed E-state index contributed by atoms with van der Waals surface area (Å²) >= 11 is 0.730. The predicted octanol–water partition coefficient (Wildman–Crippen LogP) is 7.67. The lowest BCUT2D eigenvalue weighted by atomic mass is 9.95. The first kappa shape index (κ1) is 38.5. The zero-order chi connectivity index (χ0) is 39.6. The molecule has 4 aromatic rings. The molecule has 3 saturated heterocycles. The average Bonchev–Trinajstić information content (AvgIpc) is 3.76. The first-order chi connectivity index (χ1) is 25.9. The molecule has 13 nitrogen and oxygen atoms in total. The van der Waals surface area contributed by atoms with E-state index in [1.165, 1.54) is 4.90 Å². The fraction of sp³-hybridized carbons (Fsp3) is 0.528. The third-order valence-electron chi connectivity index (χ3n) is 10.2. The number of fused-ring (bicyclic) bond motifs is 3. The van der Waals surface area contributed by atoms with Crippen molar-refractivity contribution < 1.29 is 50.9 Å². The van der Waals surface area contributed by atoms with Crippen LogP contribution in [-0.2, 0) is 4.74 Å². The van der Waals surface area contributed by atoms with Gasteiger partial charge in [0.1, 0.15) is 41.3 Å². The van der Waals surface area contributed by atoms with Crippen molar-refractivity contribution in [3.8, 4) is 22.9 Å². The Balaban J connectivity index is 1.39. The highest BCUT2D eigenvalue weighted by atomic mass is 32.1. The number of benzene rings is 2. The average molecular weight is 794 g/mol. The van der Waals surface area contributed by atoms with E-state index in [2.05, 4.69) is 20.3 Å². The monoisotopic (exact) mass is 793 g/mol. The van der Waals surface area contributed by atoms with Gasteiger partial charge in [0.15, 0.2) is 10.9 Å². The van der Waals surface area contributed by atoms with Crippen LogP contribution in [-0.4, -0.2) is 111 Å². The van der Waals surface area contributed by atoms with Crippen LogP contribution in [0.5, 0.6) is 11.8 Å². The number of anilines is 2. The number of halogens is 5. The Bertz CT molecular complexity index is 2150. The van der Waals surface area contributed by atoms with Crippen LogP contribution in [0.15, 0.2) is 18.2 Å². The Kier molecular flexibility index (Phi) is 10.1. The molecule has 2 aromatic carbocycles. The van der Waals surface area contributed by atoms with Gasteiger partial charge in [-0.15, -0.1) is 0 Å². The van der Waals surface area contributed by atoms with E-state index < -0.39 is 71.1 Å². The summed E-state index contributed by atoms with van der Waals surface area (Å²) in [7, 11) is 0. The Morgan fingerprint density at radius 3 is 2.56 bits per heavy atom. The molecule has 0 bridgehead atoms. The van der Waals surface area contributed by atoms with E-state index in [4.69, 9.17) is 14.2 Å². The first-order valence-electron chi connectivity index (χ1n) is 17.8. The van der Waals surface area contributed by atoms with Crippen LogP contribution in [0.2, 0.25) is 0 Å². The molecule has 55 heavy (non-hydrogen) atoms. The van der Waals surface area contributed by atoms with Crippen LogP contribution in [0.25, 0.3) is 32.2 Å². The predicted molar refractivity (Wildman–Crippen MR) is 194 cm³/mol. The molecule has 4 atom stereocenters. The Hall–Kier alpha value is -4.78. The van der Waals surface area contributed by atoms with Crippen LogP contribution in [0.4, 0.5) is 42.5 Å². The highest BCUT2D eigenvalue weighted by molar-refractivity contribution is 7.22. The molecule has 0 unspecified atom stereocenters. The third kappa shape index (κ3) is 7.47. The summed E-state index contributed by atoms with van der Waals surface area (Å²) in [5.41, 5.74) is -2.64. The lowest BCUT2D eigenvalue weighted by Gasteiger charge is -2.43. The maximum Gasteiger partial charge on any atom is 0.413 e. The molecule has 2 amide bonds. The molecule has 0 saturated carbocycles. The molecule has 3 fully saturated rings. The molecule has 296 valence electrons. The highest BCUT2D eigenvalue weighted by Crippen LogP contribution is 2.46. The van der Waals surface area contributed by atoms with Crippen LogP contribution in [0.3, 0.4) is 0 Å². The van der Waals surface area contributed by atoms with Gasteiger partial charge in [0.2, 0.25) is 0 Å². The van der Waals surface area contributed by atoms with E-state index in [1.54, 1.807) is 39.5 Å². The molecule has 2 aromatic heterocycles. The summed E-state index contributed by atoms with van der Waals surface area (Å²) in [6.07, 6.45) is -1.30. The van der Waals surface area contributed by atoms with Gasteiger partial charge in [-0.05, 0) is 72.2 Å². The van der Waals surface area contributed by atoms with Gasteiger partial charge in [-0.2, -0.15) is 18.7 Å². The number of nitrogens with zero attached hydrogens (tertiary/aromatic N) is 6. The number of amides is 2. The zero-order valence-corrected chi connectivity index (χ0v) is 31.5. The summed E-state index contributed by atoms with van der Waals surface area (Å²) in [5, 5.41) is 12.1. The zero-order valence-electron chi connectivity index (χ0n) is 30.7. The third-order valence-corrected chi connectivity index (χ3v) is 11.2. The van der Waals surface area contributed by atoms with Gasteiger partial charge in [-0.3, -0.25) is 10.2 Å². The molecule has 5 heterocycles. The molecule has 3 aliphatic heterocycles. The Morgan fingerprint density at radius 1 is 1.09 bits per heavy atom. The Morgan fingerprint density at radius 2 is 1.85 bits per heavy atom. The molecule has 19 heteroatoms. The number of hydrogen-bond acceptors (Lipinski definition) is 11. The van der Waals surface area contributed by atoms with Gasteiger partial charge in [0, 0.05) is 49.1 Å². The summed E-state index contributed by atoms with van der Waals surface area (Å²) in [5.74, 6) is -2.46. The smallest absolute Gasteiger partial charge is 0.413 e. The molecule has 7 rings (SSSR count). The number of carboxylic acid groups (broad SMARTS) is 1. The molecule has 0 aliphatic carbocycles. The van der Waals surface area contributed by atoms with Crippen molar-refractivity contribution in [2.45, 2.75) is 89.9 Å². The number of carbonyl (C=O) groups is 2. The van der Waals surface area contributed by atoms with Crippen LogP contribution < -0.4 is 19.7 Å². The first-order valence-corrected chi connectivity index (χ1v) is 18.6. The second-order valence-corrected chi connectivity index (χ2v) is 16.2. The van der Waals surface area contributed by atoms with Crippen molar-refractivity contribution in [1.82, 2.24) is 24.8 Å². The molecular formula is C36H40F5N7O6S. The summed E-state index contributed by atoms with van der Waals surface area (Å²) in [6.45, 7) is 6.07. The standard InChI is InChI=1S/C36H40F5N7O6S/c1-17-14-48(34(50)51)18(2)13-47(17)29-21-11-23(53-30(40)41)24(20-7-8-22(38)28-27(20)43-32(55-28)45-33(49)54-35(3,4)5)25(39)26(21)42-31(44-29)52-16-36-9-6-10-46(36)15-19(37)12-36/h7-8,11,17-19,30H,6,9-10,12-16H2,1-5H3,(H,50,51)(H,43,45,49)/t17-,18+,19+,36-/m0/s1. The fourth-order valence-corrected chi connectivity index (χ4v) is 8.73. The van der Waals surface area contributed by atoms with Crippen LogP contribution >= 0.6 is 11.3 Å². The fourth-order valence-electron chi connectivity index (χ4n) is 7.85. The minimum absolute atomic E-state index is 0.00298. The lowest BCUT2D eigenvalue weighted by molar-refractivity contribution is -0.0494. The van der Waals surface area contributed by atoms with Crippen molar-refractivity contribution in [3.05, 3.63) is 29.8 Å². The molecule has 0 radical (unpaired) electrons. The van der Waals surface area contributed by atoms with Crippen molar-refractivity contribution in [1.29, 1.82) is 0 Å². The summed E-state index contributed by atoms with van der Waals surface area (Å²) < 4.78 is 91.6. The SMILES string of the molecule is C[C@@H]1CN(c2nc(OC[C@@]34CCCN3C[C@H](F)C4)nc3c(F)c(-c4ccc(F)c5sc(NC(=O)OC(C)(C)C)nc45)c(OC(F)F)cc23)[C@@H](C)CN1C(=O)O. The maximum absolute atomic E-state index is 17.3. The van der Waals surface area contributed by atoms with Gasteiger partial charge in [0.25, 0.3) is 0 Å². The van der Waals surface area contributed by atoms with Crippen LogP contribution in [0.1, 0.15) is 53.9 Å². The van der Waals surface area contributed by atoms with Crippen molar-refractivity contribution in [3.63, 3.8) is 0 Å². The number of piperazine rings is 1. The minimum Gasteiger partial charge on any atom is -0.465 e. The van der Waals surface area contributed by atoms with Gasteiger partial charge in [-0.25, -0.2) is 27.7 Å². The molecule has 0 spiro atoms. The van der Waals surface area contributed by atoms with E-state index >= 15 is 8.78 Å². The number of ether oxygens (including phenoxy) is 3. The number of thiazole rings is 1. The van der Waals surface area contributed by atoms with E-state index in [9.17, 15) is 27.9 Å². The van der Waals surface area contributed by atoms with Gasteiger partial charge in [-0.1, -0.05) is 11.3 Å². The highest BCUT2D eigenvalue weighted by Gasteiger charge is 2.49. The molecule has 2 N–H and O–H groups in total. The number of nitrogens with one attached hydrogen (secondary N) is 1. The number of hydrogen-bond donors (Lipinski definition) is 2. The lowest BCUT2D eigenvalue weighted by Crippen LogP contribution is -2.58. The topological polar surface area (TPSA) is 142 Å². The maximum atomic E-state index is 17.3. The number of aromatic nitrogens is 3. The second-order valence-electron chi connectivity index (χ2n) is 15.2. The molecule has 3 aliphatic rings. The normalized spacial score (nSPS) is 23.1. The van der Waals surface area contributed by atoms with Gasteiger partial charge >= 0.3 is 24.8 Å². The number of carbonyl (C=O) groups excluding carboxylic acids is 1. The largest absolute Gasteiger partial charge is 0.465 e. The second kappa shape index (κ2) is 14.4. The minimum atomic E-state index is -3.42. The van der Waals surface area contributed by atoms with Crippen molar-refractivity contribution in [2.75, 3.05) is 43.0 Å². The summed E-state index contributed by atoms with van der Waals surface area (Å²) in [6, 6.07) is 2.00. The van der Waals surface area contributed by atoms with E-state index in [0.29, 0.717) is 13.0 Å². The van der Waals surface area contributed by atoms with E-state index in [0.717, 1.165) is 36.0 Å². The van der Waals surface area contributed by atoms with Crippen LogP contribution in [0, 0.1) is 11.6 Å². The quantitative estimate of drug-likeness (QED) is 0.170. The van der Waals surface area contributed by atoms with E-state index in [1.807, 2.05) is 4.90 Å². The van der Waals surface area contributed by atoms with Crippen molar-refractivity contribution >= 4 is 55.6 Å². The summed E-state index contributed by atoms with van der Waals surface area (Å²) in [4.78, 5) is 42.9. The number of rotatable bonds is 8.